The number of aromatic nitrogens is 1. The Labute approximate surface area is 281 Å². The molecular formula is C36H18ClF4N3O4S. The number of carbonyl (C=O) groups is 1. The number of carboxylic acids is 1. The Balaban J connectivity index is 1.77. The normalized spacial score (nSPS) is 11.4. The molecule has 0 fully saturated rings. The molecule has 13 heteroatoms. The van der Waals surface area contributed by atoms with E-state index in [-0.39, 0.29) is 60.7 Å². The highest BCUT2D eigenvalue weighted by Crippen LogP contribution is 2.48. The second kappa shape index (κ2) is 12.6. The fourth-order valence-electron chi connectivity index (χ4n) is 5.65. The van der Waals surface area contributed by atoms with Crippen molar-refractivity contribution in [1.29, 1.82) is 5.26 Å². The Bertz CT molecular complexity index is 2510. The lowest BCUT2D eigenvalue weighted by molar-refractivity contribution is 0.0692. The van der Waals surface area contributed by atoms with Crippen molar-refractivity contribution in [2.45, 2.75) is 11.3 Å². The molecule has 1 N–H and O–H groups in total. The summed E-state index contributed by atoms with van der Waals surface area (Å²) in [7, 11) is -4.70. The summed E-state index contributed by atoms with van der Waals surface area (Å²) >= 11 is 6.39. The summed E-state index contributed by atoms with van der Waals surface area (Å²) in [5.41, 5.74) is -0.938. The number of rotatable bonds is 7. The first-order valence-electron chi connectivity index (χ1n) is 14.1. The number of nitriles is 1. The van der Waals surface area contributed by atoms with Gasteiger partial charge in [-0.15, -0.1) is 0 Å². The molecule has 1 heterocycles. The molecule has 0 aliphatic rings. The van der Waals surface area contributed by atoms with E-state index in [1.807, 2.05) is 6.07 Å². The van der Waals surface area contributed by atoms with Crippen molar-refractivity contribution in [2.24, 2.45) is 0 Å². The summed E-state index contributed by atoms with van der Waals surface area (Å²) in [4.78, 5) is 14.6. The average molecular weight is 700 g/mol. The molecular weight excluding hydrogens is 682 g/mol. The first-order valence-corrected chi connectivity index (χ1v) is 15.9. The molecule has 0 bridgehead atoms. The number of halogens is 5. The third-order valence-electron chi connectivity index (χ3n) is 7.82. The molecule has 0 saturated carbocycles. The number of hydrogen-bond donors (Lipinski definition) is 1. The van der Waals surface area contributed by atoms with E-state index in [1.54, 1.807) is 0 Å². The van der Waals surface area contributed by atoms with E-state index in [1.165, 1.54) is 48.5 Å². The largest absolute Gasteiger partial charge is 0.478 e. The van der Waals surface area contributed by atoms with Crippen LogP contribution in [0.3, 0.4) is 0 Å². The van der Waals surface area contributed by atoms with Crippen LogP contribution in [-0.4, -0.2) is 23.5 Å². The first kappa shape index (κ1) is 33.0. The molecule has 0 radical (unpaired) electrons. The monoisotopic (exact) mass is 699 g/mol. The molecule has 1 aromatic heterocycles. The van der Waals surface area contributed by atoms with E-state index >= 15 is 0 Å². The maximum absolute atomic E-state index is 15.0. The van der Waals surface area contributed by atoms with Gasteiger partial charge in [-0.2, -0.15) is 5.26 Å². The van der Waals surface area contributed by atoms with Crippen molar-refractivity contribution < 1.29 is 35.9 Å². The minimum absolute atomic E-state index is 0.000998. The van der Waals surface area contributed by atoms with Crippen LogP contribution in [0.5, 0.6) is 0 Å². The summed E-state index contributed by atoms with van der Waals surface area (Å²) < 4.78 is 86.6. The topological polar surface area (TPSA) is 105 Å². The number of alkyl halides is 2. The lowest BCUT2D eigenvalue weighted by Crippen LogP contribution is -2.14. The van der Waals surface area contributed by atoms with Crippen LogP contribution in [0.25, 0.3) is 49.3 Å². The van der Waals surface area contributed by atoms with Crippen LogP contribution in [0.1, 0.15) is 27.9 Å². The number of carboxylic acid groups (broad SMARTS) is 1. The van der Waals surface area contributed by atoms with Crippen LogP contribution in [-0.2, 0) is 10.0 Å². The Kier molecular flexibility index (Phi) is 8.46. The summed E-state index contributed by atoms with van der Waals surface area (Å²) in [6.45, 7) is 7.85. The predicted molar refractivity (Wildman–Crippen MR) is 175 cm³/mol. The summed E-state index contributed by atoms with van der Waals surface area (Å²) in [6, 6.07) is 21.3. The zero-order chi connectivity index (χ0) is 35.2. The van der Waals surface area contributed by atoms with E-state index < -0.39 is 50.1 Å². The van der Waals surface area contributed by atoms with E-state index in [9.17, 15) is 41.1 Å². The van der Waals surface area contributed by atoms with Crippen LogP contribution in [0.2, 0.25) is 5.02 Å². The molecule has 49 heavy (non-hydrogen) atoms. The Hall–Kier alpha value is -5.95. The number of fused-ring (bicyclic) bond motifs is 1. The third kappa shape index (κ3) is 5.67. The van der Waals surface area contributed by atoms with Gasteiger partial charge in [-0.25, -0.2) is 39.6 Å². The number of hydrogen-bond acceptors (Lipinski definition) is 4. The van der Waals surface area contributed by atoms with Gasteiger partial charge >= 0.3 is 5.97 Å². The Morgan fingerprint density at radius 2 is 1.61 bits per heavy atom. The zero-order valence-corrected chi connectivity index (χ0v) is 26.2. The van der Waals surface area contributed by atoms with Gasteiger partial charge in [-0.3, -0.25) is 0 Å². The van der Waals surface area contributed by atoms with Gasteiger partial charge in [0.05, 0.1) is 34.3 Å². The van der Waals surface area contributed by atoms with Crippen molar-refractivity contribution in [3.63, 3.8) is 0 Å². The van der Waals surface area contributed by atoms with Crippen LogP contribution < -0.4 is 0 Å². The van der Waals surface area contributed by atoms with Gasteiger partial charge in [0, 0.05) is 43.8 Å². The molecule has 6 rings (SSSR count). The highest BCUT2D eigenvalue weighted by molar-refractivity contribution is 7.90. The van der Waals surface area contributed by atoms with Gasteiger partial charge in [-0.1, -0.05) is 54.1 Å². The highest BCUT2D eigenvalue weighted by atomic mass is 35.5. The molecule has 7 nitrogen and oxygen atoms in total. The molecule has 242 valence electrons. The predicted octanol–water partition coefficient (Wildman–Crippen LogP) is 9.87. The third-order valence-corrected chi connectivity index (χ3v) is 9.87. The molecule has 0 amide bonds. The second-order valence-electron chi connectivity index (χ2n) is 10.6. The number of benzene rings is 5. The van der Waals surface area contributed by atoms with Gasteiger partial charge in [0.25, 0.3) is 16.4 Å². The maximum atomic E-state index is 15.0. The lowest BCUT2D eigenvalue weighted by Gasteiger charge is -2.16. The van der Waals surface area contributed by atoms with Crippen molar-refractivity contribution in [3.8, 4) is 39.6 Å². The van der Waals surface area contributed by atoms with Gasteiger partial charge in [-0.05, 0) is 60.2 Å². The van der Waals surface area contributed by atoms with E-state index in [0.717, 1.165) is 52.5 Å². The van der Waals surface area contributed by atoms with Crippen LogP contribution in [0.4, 0.5) is 23.2 Å². The smallest absolute Gasteiger partial charge is 0.338 e. The van der Waals surface area contributed by atoms with Crippen molar-refractivity contribution in [2.75, 3.05) is 0 Å². The second-order valence-corrected chi connectivity index (χ2v) is 12.8. The standard InChI is InChI=1S/C36H18ClF4N3O4S/c1-43-30-7-3-6-22(18-42)32(30)33-27-15-23(38)10-13-31(27)44(49(47,48)24-11-8-19(9-12-24)35(40)41)34(33)21-5-2-4-20(14-21)25-17-29(39)26(36(45)46)16-28(25)37/h2-17,35H,(H,45,46). The van der Waals surface area contributed by atoms with E-state index in [2.05, 4.69) is 4.85 Å². The molecule has 0 saturated heterocycles. The van der Waals surface area contributed by atoms with Crippen LogP contribution in [0.15, 0.2) is 102 Å². The molecule has 0 spiro atoms. The maximum Gasteiger partial charge on any atom is 0.338 e. The highest BCUT2D eigenvalue weighted by Gasteiger charge is 2.31. The fourth-order valence-corrected chi connectivity index (χ4v) is 7.46. The van der Waals surface area contributed by atoms with Gasteiger partial charge in [0.1, 0.15) is 11.6 Å². The molecule has 0 unspecified atom stereocenters. The van der Waals surface area contributed by atoms with Crippen molar-refractivity contribution >= 4 is 44.2 Å². The zero-order valence-electron chi connectivity index (χ0n) is 24.6. The molecule has 0 atom stereocenters. The van der Waals surface area contributed by atoms with Crippen molar-refractivity contribution in [1.82, 2.24) is 3.97 Å². The Morgan fingerprint density at radius 1 is 0.918 bits per heavy atom. The number of aromatic carboxylic acids is 1. The molecule has 0 aliphatic carbocycles. The quantitative estimate of drug-likeness (QED) is 0.132. The van der Waals surface area contributed by atoms with E-state index in [4.69, 9.17) is 18.2 Å². The van der Waals surface area contributed by atoms with Gasteiger partial charge in [0.2, 0.25) is 0 Å². The molecule has 6 aromatic rings. The first-order chi connectivity index (χ1) is 23.4. The molecule has 5 aromatic carbocycles. The van der Waals surface area contributed by atoms with Crippen molar-refractivity contribution in [3.05, 3.63) is 142 Å². The lowest BCUT2D eigenvalue weighted by atomic mass is 9.92. The minimum atomic E-state index is -4.70. The average Bonchev–Trinajstić information content (AvgIpc) is 3.43. The summed E-state index contributed by atoms with van der Waals surface area (Å²) in [5.74, 6) is -3.38. The summed E-state index contributed by atoms with van der Waals surface area (Å²) in [6.07, 6.45) is -2.87. The van der Waals surface area contributed by atoms with Gasteiger partial charge < -0.3 is 5.11 Å². The minimum Gasteiger partial charge on any atom is -0.478 e. The van der Waals surface area contributed by atoms with Gasteiger partial charge in [0.15, 0.2) is 5.69 Å². The van der Waals surface area contributed by atoms with Crippen LogP contribution >= 0.6 is 11.6 Å². The molecule has 0 aliphatic heterocycles. The van der Waals surface area contributed by atoms with Crippen LogP contribution in [0, 0.1) is 29.5 Å². The Morgan fingerprint density at radius 3 is 2.27 bits per heavy atom. The SMILES string of the molecule is [C-]#[N+]c1cccc(C#N)c1-c1c(-c2cccc(-c3cc(F)c(C(=O)O)cc3Cl)c2)n(S(=O)(=O)c2ccc(C(F)F)cc2)c2ccc(F)cc12. The van der Waals surface area contributed by atoms with E-state index in [0.29, 0.717) is 0 Å². The number of nitrogens with zero attached hydrogens (tertiary/aromatic N) is 3. The summed E-state index contributed by atoms with van der Waals surface area (Å²) in [5, 5.41) is 19.3. The fraction of sp³-hybridized carbons (Fsp3) is 0.0278.